The quantitative estimate of drug-likeness (QED) is 0.790. The number of ether oxygens (including phenoxy) is 1. The van der Waals surface area contributed by atoms with E-state index in [0.29, 0.717) is 36.9 Å². The van der Waals surface area contributed by atoms with E-state index >= 15 is 0 Å². The summed E-state index contributed by atoms with van der Waals surface area (Å²) >= 11 is 0. The average Bonchev–Trinajstić information content (AvgIpc) is 3.42. The van der Waals surface area contributed by atoms with Gasteiger partial charge in [-0.1, -0.05) is 18.2 Å². The Bertz CT molecular complexity index is 831. The van der Waals surface area contributed by atoms with Gasteiger partial charge in [-0.2, -0.15) is 5.10 Å². The number of aryl methyl sites for hydroxylation is 1. The highest BCUT2D eigenvalue weighted by Crippen LogP contribution is 2.48. The third kappa shape index (κ3) is 2.89. The molecule has 1 amide bonds. The zero-order valence-electron chi connectivity index (χ0n) is 16.3. The van der Waals surface area contributed by atoms with Gasteiger partial charge >= 0.3 is 0 Å². The summed E-state index contributed by atoms with van der Waals surface area (Å²) in [4.78, 5) is 22.0. The van der Waals surface area contributed by atoms with E-state index < -0.39 is 0 Å². The van der Waals surface area contributed by atoms with Crippen molar-refractivity contribution < 1.29 is 9.53 Å². The molecule has 0 spiro atoms. The van der Waals surface area contributed by atoms with Crippen LogP contribution in [0, 0.1) is 5.92 Å². The summed E-state index contributed by atoms with van der Waals surface area (Å²) in [5.74, 6) is 2.09. The minimum Gasteiger partial charge on any atom is -0.496 e. The van der Waals surface area contributed by atoms with E-state index in [9.17, 15) is 4.79 Å². The van der Waals surface area contributed by atoms with Crippen molar-refractivity contribution in [2.75, 3.05) is 26.7 Å². The van der Waals surface area contributed by atoms with Crippen LogP contribution in [-0.4, -0.2) is 69.3 Å². The predicted octanol–water partition coefficient (Wildman–Crippen LogP) is 1.77. The lowest BCUT2D eigenvalue weighted by Crippen LogP contribution is -2.60. The molecule has 7 heteroatoms. The lowest BCUT2D eigenvalue weighted by atomic mass is 9.75. The molecule has 2 aromatic rings. The topological polar surface area (TPSA) is 63.5 Å². The van der Waals surface area contributed by atoms with Gasteiger partial charge in [0.15, 0.2) is 0 Å². The second-order valence-electron chi connectivity index (χ2n) is 8.16. The van der Waals surface area contributed by atoms with Gasteiger partial charge in [-0.3, -0.25) is 14.4 Å². The first-order chi connectivity index (χ1) is 13.8. The summed E-state index contributed by atoms with van der Waals surface area (Å²) in [6.45, 7) is 3.66. The van der Waals surface area contributed by atoms with Crippen LogP contribution in [0.25, 0.3) is 0 Å². The van der Waals surface area contributed by atoms with Crippen LogP contribution < -0.4 is 4.74 Å². The first-order valence-electron chi connectivity index (χ1n) is 10.2. The van der Waals surface area contributed by atoms with Gasteiger partial charge in [0.1, 0.15) is 18.4 Å². The van der Waals surface area contributed by atoms with Crippen LogP contribution in [0.2, 0.25) is 0 Å². The molecule has 5 heterocycles. The molecule has 6 rings (SSSR count). The number of aromatic nitrogens is 3. The molecule has 148 valence electrons. The monoisotopic (exact) mass is 381 g/mol. The molecule has 0 unspecified atom stereocenters. The number of nitrogens with zero attached hydrogens (tertiary/aromatic N) is 5. The molecule has 1 aromatic carbocycles. The van der Waals surface area contributed by atoms with E-state index in [2.05, 4.69) is 32.0 Å². The van der Waals surface area contributed by atoms with Gasteiger partial charge in [-0.05, 0) is 37.9 Å². The zero-order chi connectivity index (χ0) is 19.1. The van der Waals surface area contributed by atoms with Gasteiger partial charge in [0, 0.05) is 30.5 Å². The predicted molar refractivity (Wildman–Crippen MR) is 104 cm³/mol. The molecule has 0 radical (unpaired) electrons. The van der Waals surface area contributed by atoms with E-state index in [-0.39, 0.29) is 5.91 Å². The second kappa shape index (κ2) is 7.20. The Labute approximate surface area is 165 Å². The number of likely N-dealkylation sites (tertiary alicyclic amines) is 1. The lowest BCUT2D eigenvalue weighted by Gasteiger charge is -2.51. The Hall–Kier alpha value is -2.41. The number of piperidine rings is 3. The van der Waals surface area contributed by atoms with E-state index in [0.717, 1.165) is 25.4 Å². The fourth-order valence-electron chi connectivity index (χ4n) is 5.65. The molecule has 4 aliphatic rings. The van der Waals surface area contributed by atoms with Crippen molar-refractivity contribution in [2.24, 2.45) is 5.92 Å². The average molecular weight is 381 g/mol. The lowest BCUT2D eigenvalue weighted by molar-refractivity contribution is -0.136. The van der Waals surface area contributed by atoms with Gasteiger partial charge in [-0.25, -0.2) is 4.98 Å². The van der Waals surface area contributed by atoms with Crippen molar-refractivity contribution in [3.63, 3.8) is 0 Å². The minimum atomic E-state index is 0.233. The van der Waals surface area contributed by atoms with Crippen LogP contribution in [0.1, 0.15) is 30.7 Å². The van der Waals surface area contributed by atoms with Crippen molar-refractivity contribution in [1.29, 1.82) is 0 Å². The number of carbonyl (C=O) groups is 1. The molecule has 28 heavy (non-hydrogen) atoms. The van der Waals surface area contributed by atoms with Gasteiger partial charge in [-0.15, -0.1) is 0 Å². The number of hydrogen-bond acceptors (Lipinski definition) is 5. The maximum Gasteiger partial charge on any atom is 0.224 e. The molecule has 2 bridgehead atoms. The fraction of sp³-hybridized carbons (Fsp3) is 0.571. The molecule has 4 saturated heterocycles. The molecule has 4 aliphatic heterocycles. The Morgan fingerprint density at radius 3 is 2.79 bits per heavy atom. The molecule has 0 aliphatic carbocycles. The van der Waals surface area contributed by atoms with Crippen molar-refractivity contribution in [3.05, 3.63) is 42.5 Å². The van der Waals surface area contributed by atoms with E-state index in [1.165, 1.54) is 24.7 Å². The van der Waals surface area contributed by atoms with Gasteiger partial charge in [0.2, 0.25) is 5.91 Å². The Balaban J connectivity index is 1.43. The zero-order valence-corrected chi connectivity index (χ0v) is 16.3. The van der Waals surface area contributed by atoms with Crippen molar-refractivity contribution >= 4 is 5.91 Å². The molecular weight excluding hydrogens is 354 g/mol. The number of amides is 1. The summed E-state index contributed by atoms with van der Waals surface area (Å²) in [7, 11) is 1.74. The Kier molecular flexibility index (Phi) is 4.55. The van der Waals surface area contributed by atoms with Crippen molar-refractivity contribution in [3.8, 4) is 5.75 Å². The molecule has 0 N–H and O–H groups in total. The van der Waals surface area contributed by atoms with E-state index in [1.54, 1.807) is 18.1 Å². The Morgan fingerprint density at radius 1 is 1.21 bits per heavy atom. The highest BCUT2D eigenvalue weighted by molar-refractivity contribution is 5.77. The van der Waals surface area contributed by atoms with Gasteiger partial charge < -0.3 is 9.64 Å². The van der Waals surface area contributed by atoms with Crippen LogP contribution in [0.15, 0.2) is 36.9 Å². The van der Waals surface area contributed by atoms with Gasteiger partial charge in [0.25, 0.3) is 0 Å². The number of benzene rings is 1. The van der Waals surface area contributed by atoms with E-state index in [4.69, 9.17) is 4.74 Å². The van der Waals surface area contributed by atoms with Crippen LogP contribution >= 0.6 is 0 Å². The normalized spacial score (nSPS) is 31.0. The third-order valence-corrected chi connectivity index (χ3v) is 6.87. The van der Waals surface area contributed by atoms with E-state index in [1.807, 2.05) is 12.1 Å². The molecule has 4 fully saturated rings. The smallest absolute Gasteiger partial charge is 0.224 e. The molecule has 3 atom stereocenters. The van der Waals surface area contributed by atoms with Crippen molar-refractivity contribution in [2.45, 2.75) is 43.8 Å². The number of methoxy groups -OCH3 is 1. The van der Waals surface area contributed by atoms with Gasteiger partial charge in [0.05, 0.1) is 19.7 Å². The molecular formula is C21H27N5O2. The van der Waals surface area contributed by atoms with Crippen LogP contribution in [0.4, 0.5) is 0 Å². The summed E-state index contributed by atoms with van der Waals surface area (Å²) < 4.78 is 7.41. The molecule has 0 saturated carbocycles. The number of hydrogen-bond donors (Lipinski definition) is 0. The first kappa shape index (κ1) is 17.7. The highest BCUT2D eigenvalue weighted by Gasteiger charge is 2.54. The maximum absolute atomic E-state index is 13.2. The number of carbonyl (C=O) groups excluding carboxylic acids is 1. The first-order valence-corrected chi connectivity index (χ1v) is 10.2. The SMILES string of the molecule is COc1ccccc1[C@@H]1CN(C(=O)CCn2cncn2)[C@H]2C3CCN(CC3)[C@@H]12. The largest absolute Gasteiger partial charge is 0.496 e. The fourth-order valence-corrected chi connectivity index (χ4v) is 5.65. The number of rotatable bonds is 5. The molecule has 1 aromatic heterocycles. The maximum atomic E-state index is 13.2. The number of fused-ring (bicyclic) bond motifs is 2. The van der Waals surface area contributed by atoms with Crippen LogP contribution in [-0.2, 0) is 11.3 Å². The standard InChI is InChI=1S/C21H27N5O2/c1-28-18-5-3-2-4-16(18)17-12-26(19(27)8-11-25-14-22-13-23-25)20-15-6-9-24(10-7-15)21(17)20/h2-5,13-15,17,20-21H,6-12H2,1H3/t17-,20-,21-/m0/s1. The summed E-state index contributed by atoms with van der Waals surface area (Å²) in [5.41, 5.74) is 1.24. The molecule has 7 nitrogen and oxygen atoms in total. The van der Waals surface area contributed by atoms with Crippen LogP contribution in [0.5, 0.6) is 5.75 Å². The third-order valence-electron chi connectivity index (χ3n) is 6.87. The summed E-state index contributed by atoms with van der Waals surface area (Å²) in [6, 6.07) is 9.03. The second-order valence-corrected chi connectivity index (χ2v) is 8.16. The van der Waals surface area contributed by atoms with Crippen LogP contribution in [0.3, 0.4) is 0 Å². The summed E-state index contributed by atoms with van der Waals surface area (Å²) in [5, 5.41) is 4.13. The minimum absolute atomic E-state index is 0.233. The Morgan fingerprint density at radius 2 is 2.04 bits per heavy atom. The number of para-hydroxylation sites is 1. The summed E-state index contributed by atoms with van der Waals surface area (Å²) in [6.07, 6.45) is 6.06. The van der Waals surface area contributed by atoms with Crippen molar-refractivity contribution in [1.82, 2.24) is 24.6 Å². The highest BCUT2D eigenvalue weighted by atomic mass is 16.5.